The van der Waals surface area contributed by atoms with Crippen LogP contribution in [-0.2, 0) is 4.84 Å². The Morgan fingerprint density at radius 2 is 2.04 bits per heavy atom. The van der Waals surface area contributed by atoms with Crippen molar-refractivity contribution < 1.29 is 14.6 Å². The minimum Gasteiger partial charge on any atom is -0.380 e. The van der Waals surface area contributed by atoms with Crippen molar-refractivity contribution >= 4 is 29.1 Å². The Bertz CT molecular complexity index is 805. The Labute approximate surface area is 136 Å². The quantitative estimate of drug-likeness (QED) is 0.304. The number of benzene rings is 2. The molecule has 0 atom stereocenters. The lowest BCUT2D eigenvalue weighted by atomic mass is 10.1. The molecule has 7 nitrogen and oxygen atoms in total. The molecule has 8 heteroatoms. The van der Waals surface area contributed by atoms with Crippen molar-refractivity contribution in [1.29, 1.82) is 0 Å². The van der Waals surface area contributed by atoms with Gasteiger partial charge in [0.25, 0.3) is 5.69 Å². The normalized spacial score (nSPS) is 11.1. The van der Waals surface area contributed by atoms with E-state index in [4.69, 9.17) is 22.2 Å². The molecule has 0 bridgehead atoms. The number of nitro benzene ring substituents is 1. The van der Waals surface area contributed by atoms with Crippen molar-refractivity contribution in [1.82, 2.24) is 0 Å². The average molecular weight is 334 g/mol. The summed E-state index contributed by atoms with van der Waals surface area (Å²) in [5.74, 6) is -0.936. The van der Waals surface area contributed by atoms with Crippen molar-refractivity contribution in [2.45, 2.75) is 6.92 Å². The second-order valence-electron chi connectivity index (χ2n) is 4.65. The number of nitro groups is 1. The largest absolute Gasteiger partial charge is 0.380 e. The van der Waals surface area contributed by atoms with Crippen molar-refractivity contribution in [3.8, 4) is 0 Å². The van der Waals surface area contributed by atoms with E-state index >= 15 is 0 Å². The lowest BCUT2D eigenvalue weighted by Crippen LogP contribution is -2.15. The summed E-state index contributed by atoms with van der Waals surface area (Å²) in [4.78, 5) is 26.8. The second kappa shape index (κ2) is 6.89. The molecule has 0 fully saturated rings. The number of carbonyl (C=O) groups excluding carboxylic acids is 1. The van der Waals surface area contributed by atoms with Crippen LogP contribution in [0.4, 0.5) is 5.69 Å². The number of nitrogens with zero attached hydrogens (tertiary/aromatic N) is 2. The number of hydrogen-bond acceptors (Lipinski definition) is 5. The molecule has 2 aromatic carbocycles. The zero-order chi connectivity index (χ0) is 17.0. The van der Waals surface area contributed by atoms with E-state index in [9.17, 15) is 14.9 Å². The number of hydrogen-bond donors (Lipinski definition) is 1. The van der Waals surface area contributed by atoms with E-state index in [1.807, 2.05) is 6.92 Å². The first-order chi connectivity index (χ1) is 10.9. The smallest absolute Gasteiger partial charge is 0.367 e. The molecule has 0 amide bonds. The third-order valence-corrected chi connectivity index (χ3v) is 3.24. The van der Waals surface area contributed by atoms with Crippen LogP contribution in [-0.4, -0.2) is 16.7 Å². The Balaban J connectivity index is 2.17. The van der Waals surface area contributed by atoms with E-state index in [2.05, 4.69) is 5.16 Å². The standard InChI is InChI=1S/C15H12ClN3O4/c1-9-5-6-12(13(16)7-9)15(20)23-18-14(17)10-3-2-4-11(8-10)19(21)22/h2-8H,1H3,(H2,17,18). The molecule has 0 saturated heterocycles. The number of oxime groups is 1. The van der Waals surface area contributed by atoms with Gasteiger partial charge in [-0.15, -0.1) is 0 Å². The van der Waals surface area contributed by atoms with Crippen LogP contribution in [0.5, 0.6) is 0 Å². The molecule has 23 heavy (non-hydrogen) atoms. The van der Waals surface area contributed by atoms with E-state index in [0.717, 1.165) is 5.56 Å². The van der Waals surface area contributed by atoms with Gasteiger partial charge in [0.15, 0.2) is 5.84 Å². The van der Waals surface area contributed by atoms with Gasteiger partial charge in [-0.05, 0) is 24.6 Å². The molecule has 2 aromatic rings. The number of carbonyl (C=O) groups is 1. The third-order valence-electron chi connectivity index (χ3n) is 2.92. The molecule has 0 saturated carbocycles. The van der Waals surface area contributed by atoms with Crippen molar-refractivity contribution in [2.75, 3.05) is 0 Å². The first-order valence-corrected chi connectivity index (χ1v) is 6.82. The van der Waals surface area contributed by atoms with Crippen LogP contribution in [0.15, 0.2) is 47.6 Å². The SMILES string of the molecule is Cc1ccc(C(=O)O/N=C(\N)c2cccc([N+](=O)[O-])c2)c(Cl)c1. The zero-order valence-corrected chi connectivity index (χ0v) is 12.8. The molecule has 0 aromatic heterocycles. The van der Waals surface area contributed by atoms with Gasteiger partial charge in [0.05, 0.1) is 15.5 Å². The van der Waals surface area contributed by atoms with Gasteiger partial charge in [-0.1, -0.05) is 35.0 Å². The molecule has 0 aliphatic rings. The molecule has 0 spiro atoms. The fourth-order valence-electron chi connectivity index (χ4n) is 1.76. The number of non-ortho nitro benzene ring substituents is 1. The van der Waals surface area contributed by atoms with Crippen LogP contribution < -0.4 is 5.73 Å². The number of rotatable bonds is 4. The molecule has 0 aliphatic carbocycles. The number of halogens is 1. The highest BCUT2D eigenvalue weighted by Crippen LogP contribution is 2.19. The van der Waals surface area contributed by atoms with E-state index < -0.39 is 10.9 Å². The lowest BCUT2D eigenvalue weighted by Gasteiger charge is -2.03. The predicted octanol–water partition coefficient (Wildman–Crippen LogP) is 3.03. The molecule has 0 aliphatic heterocycles. The topological polar surface area (TPSA) is 108 Å². The fourth-order valence-corrected chi connectivity index (χ4v) is 2.07. The summed E-state index contributed by atoms with van der Waals surface area (Å²) in [6.07, 6.45) is 0. The first-order valence-electron chi connectivity index (χ1n) is 6.44. The van der Waals surface area contributed by atoms with Gasteiger partial charge in [-0.2, -0.15) is 0 Å². The number of nitrogens with two attached hydrogens (primary N) is 1. The van der Waals surface area contributed by atoms with Gasteiger partial charge in [0.2, 0.25) is 0 Å². The molecule has 0 heterocycles. The number of aryl methyl sites for hydroxylation is 1. The summed E-state index contributed by atoms with van der Waals surface area (Å²) < 4.78 is 0. The van der Waals surface area contributed by atoms with Gasteiger partial charge in [-0.3, -0.25) is 10.1 Å². The first kappa shape index (κ1) is 16.4. The van der Waals surface area contributed by atoms with Crippen molar-refractivity contribution in [3.63, 3.8) is 0 Å². The summed E-state index contributed by atoms with van der Waals surface area (Å²) in [7, 11) is 0. The summed E-state index contributed by atoms with van der Waals surface area (Å²) >= 11 is 5.96. The Morgan fingerprint density at radius 1 is 1.30 bits per heavy atom. The van der Waals surface area contributed by atoms with Crippen LogP contribution in [0.1, 0.15) is 21.5 Å². The van der Waals surface area contributed by atoms with Gasteiger partial charge < -0.3 is 10.6 Å². The molecule has 118 valence electrons. The summed E-state index contributed by atoms with van der Waals surface area (Å²) in [6.45, 7) is 1.83. The number of amidine groups is 1. The van der Waals surface area contributed by atoms with Gasteiger partial charge >= 0.3 is 5.97 Å². The Kier molecular flexibility index (Phi) is 4.92. The van der Waals surface area contributed by atoms with Gasteiger partial charge in [0.1, 0.15) is 0 Å². The van der Waals surface area contributed by atoms with Crippen LogP contribution in [0.2, 0.25) is 5.02 Å². The van der Waals surface area contributed by atoms with E-state index in [-0.39, 0.29) is 27.7 Å². The maximum absolute atomic E-state index is 11.9. The van der Waals surface area contributed by atoms with Crippen molar-refractivity contribution in [2.24, 2.45) is 10.9 Å². The van der Waals surface area contributed by atoms with Crippen LogP contribution in [0.3, 0.4) is 0 Å². The van der Waals surface area contributed by atoms with Gasteiger partial charge in [0, 0.05) is 17.7 Å². The third kappa shape index (κ3) is 4.04. The highest BCUT2D eigenvalue weighted by atomic mass is 35.5. The summed E-state index contributed by atoms with van der Waals surface area (Å²) in [6, 6.07) is 10.3. The Morgan fingerprint density at radius 3 is 2.70 bits per heavy atom. The molecular formula is C15H12ClN3O4. The van der Waals surface area contributed by atoms with E-state index in [1.54, 1.807) is 12.1 Å². The summed E-state index contributed by atoms with van der Waals surface area (Å²) in [5, 5.41) is 14.5. The lowest BCUT2D eigenvalue weighted by molar-refractivity contribution is -0.384. The summed E-state index contributed by atoms with van der Waals surface area (Å²) in [5.41, 5.74) is 6.83. The minimum atomic E-state index is -0.775. The maximum atomic E-state index is 11.9. The van der Waals surface area contributed by atoms with Crippen molar-refractivity contribution in [3.05, 3.63) is 74.3 Å². The Hall–Kier alpha value is -2.93. The average Bonchev–Trinajstić information content (AvgIpc) is 2.52. The molecular weight excluding hydrogens is 322 g/mol. The molecule has 0 radical (unpaired) electrons. The predicted molar refractivity (Wildman–Crippen MR) is 85.4 cm³/mol. The second-order valence-corrected chi connectivity index (χ2v) is 5.05. The van der Waals surface area contributed by atoms with E-state index in [0.29, 0.717) is 0 Å². The highest BCUT2D eigenvalue weighted by molar-refractivity contribution is 6.33. The fraction of sp³-hybridized carbons (Fsp3) is 0.0667. The molecule has 2 rings (SSSR count). The maximum Gasteiger partial charge on any atom is 0.367 e. The van der Waals surface area contributed by atoms with E-state index in [1.165, 1.54) is 30.3 Å². The van der Waals surface area contributed by atoms with Gasteiger partial charge in [-0.25, -0.2) is 4.79 Å². The van der Waals surface area contributed by atoms with Crippen LogP contribution >= 0.6 is 11.6 Å². The van der Waals surface area contributed by atoms with Crippen LogP contribution in [0, 0.1) is 17.0 Å². The monoisotopic (exact) mass is 333 g/mol. The van der Waals surface area contributed by atoms with Crippen LogP contribution in [0.25, 0.3) is 0 Å². The highest BCUT2D eigenvalue weighted by Gasteiger charge is 2.13. The molecule has 2 N–H and O–H groups in total. The minimum absolute atomic E-state index is 0.145. The zero-order valence-electron chi connectivity index (χ0n) is 12.0. The molecule has 0 unspecified atom stereocenters.